The summed E-state index contributed by atoms with van der Waals surface area (Å²) in [4.78, 5) is 8.91. The van der Waals surface area contributed by atoms with Crippen molar-refractivity contribution in [2.24, 2.45) is 0 Å². The lowest BCUT2D eigenvalue weighted by molar-refractivity contribution is 0.505. The quantitative estimate of drug-likeness (QED) is 0.596. The van der Waals surface area contributed by atoms with Crippen LogP contribution in [0.15, 0.2) is 42.5 Å². The molecule has 2 aromatic heterocycles. The lowest BCUT2D eigenvalue weighted by Crippen LogP contribution is -2.18. The lowest BCUT2D eigenvalue weighted by atomic mass is 10.2. The highest BCUT2D eigenvalue weighted by atomic mass is 15.3. The fourth-order valence-electron chi connectivity index (χ4n) is 3.19. The molecule has 6 heteroatoms. The predicted molar refractivity (Wildman–Crippen MR) is 93.1 cm³/mol. The van der Waals surface area contributed by atoms with E-state index in [0.717, 1.165) is 27.6 Å². The minimum Gasteiger partial charge on any atom is -0.369 e. The summed E-state index contributed by atoms with van der Waals surface area (Å²) in [6.07, 6.45) is -0.130. The van der Waals surface area contributed by atoms with Crippen molar-refractivity contribution in [1.29, 1.82) is 0 Å². The first kappa shape index (κ1) is 13.6. The van der Waals surface area contributed by atoms with Crippen LogP contribution in [-0.4, -0.2) is 19.1 Å². The van der Waals surface area contributed by atoms with Gasteiger partial charge in [0.15, 0.2) is 0 Å². The van der Waals surface area contributed by atoms with Crippen molar-refractivity contribution in [3.05, 3.63) is 48.0 Å². The van der Waals surface area contributed by atoms with E-state index in [4.69, 9.17) is 11.5 Å². The van der Waals surface area contributed by atoms with Gasteiger partial charge in [0.2, 0.25) is 11.9 Å². The van der Waals surface area contributed by atoms with Crippen molar-refractivity contribution in [2.75, 3.05) is 11.5 Å². The second-order valence-electron chi connectivity index (χ2n) is 5.79. The third kappa shape index (κ3) is 1.95. The Bertz CT molecular complexity index is 1030. The number of aromatic nitrogens is 4. The van der Waals surface area contributed by atoms with Crippen molar-refractivity contribution in [1.82, 2.24) is 19.1 Å². The van der Waals surface area contributed by atoms with E-state index in [9.17, 15) is 0 Å². The van der Waals surface area contributed by atoms with Gasteiger partial charge >= 0.3 is 0 Å². The minimum absolute atomic E-state index is 0.130. The van der Waals surface area contributed by atoms with Crippen LogP contribution in [0.4, 0.5) is 11.9 Å². The predicted octanol–water partition coefficient (Wildman–Crippen LogP) is 2.93. The van der Waals surface area contributed by atoms with Gasteiger partial charge < -0.3 is 11.5 Å². The Hall–Kier alpha value is -3.02. The van der Waals surface area contributed by atoms with Gasteiger partial charge in [-0.25, -0.2) is 9.97 Å². The van der Waals surface area contributed by atoms with Crippen molar-refractivity contribution in [2.45, 2.75) is 20.0 Å². The molecule has 0 radical (unpaired) electrons. The Balaban J connectivity index is 1.97. The van der Waals surface area contributed by atoms with Gasteiger partial charge in [-0.1, -0.05) is 18.2 Å². The second kappa shape index (κ2) is 4.74. The zero-order chi connectivity index (χ0) is 16.1. The number of para-hydroxylation sites is 2. The topological polar surface area (TPSA) is 87.7 Å². The molecule has 0 aliphatic heterocycles. The maximum atomic E-state index is 6.18. The van der Waals surface area contributed by atoms with Crippen LogP contribution in [0.2, 0.25) is 0 Å². The van der Waals surface area contributed by atoms with Crippen LogP contribution in [0.1, 0.15) is 18.7 Å². The van der Waals surface area contributed by atoms with Gasteiger partial charge in [0.05, 0.1) is 22.1 Å². The summed E-state index contributed by atoms with van der Waals surface area (Å²) >= 11 is 0. The molecule has 0 amide bonds. The molecule has 2 aromatic carbocycles. The molecular formula is C17H18N6. The lowest BCUT2D eigenvalue weighted by Gasteiger charge is -2.19. The molecule has 2 heterocycles. The van der Waals surface area contributed by atoms with Crippen molar-refractivity contribution < 1.29 is 0 Å². The number of rotatable bonds is 2. The number of aryl methyl sites for hydroxylation is 1. The van der Waals surface area contributed by atoms with Crippen LogP contribution < -0.4 is 11.5 Å². The van der Waals surface area contributed by atoms with E-state index in [-0.39, 0.29) is 6.17 Å². The Labute approximate surface area is 133 Å². The summed E-state index contributed by atoms with van der Waals surface area (Å²) in [6.45, 7) is 4.08. The van der Waals surface area contributed by atoms with E-state index < -0.39 is 0 Å². The molecule has 23 heavy (non-hydrogen) atoms. The SMILES string of the molecule is Cc1ccc2c(c1)nc(N)n2C(C)n1c(N)nc2ccccc21. The van der Waals surface area contributed by atoms with E-state index in [2.05, 4.69) is 16.0 Å². The summed E-state index contributed by atoms with van der Waals surface area (Å²) in [7, 11) is 0. The summed E-state index contributed by atoms with van der Waals surface area (Å²) < 4.78 is 3.96. The summed E-state index contributed by atoms with van der Waals surface area (Å²) in [5.74, 6) is 0.933. The van der Waals surface area contributed by atoms with Crippen LogP contribution in [0.3, 0.4) is 0 Å². The van der Waals surface area contributed by atoms with E-state index in [1.54, 1.807) is 0 Å². The highest BCUT2D eigenvalue weighted by molar-refractivity contribution is 5.81. The molecule has 0 spiro atoms. The molecule has 0 bridgehead atoms. The normalized spacial score (nSPS) is 13.0. The highest BCUT2D eigenvalue weighted by Crippen LogP contribution is 2.29. The Morgan fingerprint density at radius 3 is 2.22 bits per heavy atom. The van der Waals surface area contributed by atoms with Crippen LogP contribution in [-0.2, 0) is 0 Å². The fraction of sp³-hybridized carbons (Fsp3) is 0.176. The van der Waals surface area contributed by atoms with Crippen LogP contribution in [0.5, 0.6) is 0 Å². The average Bonchev–Trinajstić information content (AvgIpc) is 3.01. The first-order chi connectivity index (χ1) is 11.1. The van der Waals surface area contributed by atoms with Gasteiger partial charge in [-0.3, -0.25) is 9.13 Å². The number of imidazole rings is 2. The molecule has 4 N–H and O–H groups in total. The second-order valence-corrected chi connectivity index (χ2v) is 5.79. The largest absolute Gasteiger partial charge is 0.369 e. The van der Waals surface area contributed by atoms with Crippen molar-refractivity contribution in [3.8, 4) is 0 Å². The van der Waals surface area contributed by atoms with Gasteiger partial charge in [-0.15, -0.1) is 0 Å². The fourth-order valence-corrected chi connectivity index (χ4v) is 3.19. The first-order valence-corrected chi connectivity index (χ1v) is 7.53. The monoisotopic (exact) mass is 306 g/mol. The van der Waals surface area contributed by atoms with E-state index in [1.807, 2.05) is 59.4 Å². The first-order valence-electron chi connectivity index (χ1n) is 7.53. The van der Waals surface area contributed by atoms with E-state index in [1.165, 1.54) is 0 Å². The van der Waals surface area contributed by atoms with Crippen molar-refractivity contribution >= 4 is 34.0 Å². The number of nitrogen functional groups attached to an aromatic ring is 2. The third-order valence-corrected chi connectivity index (χ3v) is 4.24. The summed E-state index contributed by atoms with van der Waals surface area (Å²) in [5.41, 5.74) is 17.2. The number of hydrogen-bond acceptors (Lipinski definition) is 4. The number of nitrogens with two attached hydrogens (primary N) is 2. The van der Waals surface area contributed by atoms with Crippen molar-refractivity contribution in [3.63, 3.8) is 0 Å². The van der Waals surface area contributed by atoms with Crippen LogP contribution in [0, 0.1) is 6.92 Å². The molecule has 0 saturated carbocycles. The molecule has 4 rings (SSSR count). The van der Waals surface area contributed by atoms with Gasteiger partial charge in [0, 0.05) is 0 Å². The number of hydrogen-bond donors (Lipinski definition) is 2. The Morgan fingerprint density at radius 2 is 1.48 bits per heavy atom. The van der Waals surface area contributed by atoms with E-state index >= 15 is 0 Å². The number of nitrogens with zero attached hydrogens (tertiary/aromatic N) is 4. The summed E-state index contributed by atoms with van der Waals surface area (Å²) in [6, 6.07) is 14.0. The standard InChI is InChI=1S/C17H18N6/c1-10-7-8-15-13(9-10)21-17(19)23(15)11(2)22-14-6-4-3-5-12(14)20-16(22)18/h3-9,11H,1-2H3,(H2,18,20)(H2,19,21). The maximum Gasteiger partial charge on any atom is 0.202 e. The molecule has 6 nitrogen and oxygen atoms in total. The third-order valence-electron chi connectivity index (χ3n) is 4.24. The van der Waals surface area contributed by atoms with Gasteiger partial charge in [-0.05, 0) is 43.7 Å². The van der Waals surface area contributed by atoms with Gasteiger partial charge in [-0.2, -0.15) is 0 Å². The minimum atomic E-state index is -0.130. The highest BCUT2D eigenvalue weighted by Gasteiger charge is 2.19. The molecule has 0 saturated heterocycles. The molecule has 1 unspecified atom stereocenters. The molecule has 116 valence electrons. The zero-order valence-corrected chi connectivity index (χ0v) is 13.1. The molecule has 4 aromatic rings. The molecular weight excluding hydrogens is 288 g/mol. The molecule has 0 aliphatic rings. The molecule has 1 atom stereocenters. The van der Waals surface area contributed by atoms with Crippen LogP contribution >= 0.6 is 0 Å². The summed E-state index contributed by atoms with van der Waals surface area (Å²) in [5, 5.41) is 0. The maximum absolute atomic E-state index is 6.18. The number of benzene rings is 2. The molecule has 0 fully saturated rings. The van der Waals surface area contributed by atoms with Crippen LogP contribution in [0.25, 0.3) is 22.1 Å². The van der Waals surface area contributed by atoms with E-state index in [0.29, 0.717) is 11.9 Å². The Kier molecular flexibility index (Phi) is 2.81. The Morgan fingerprint density at radius 1 is 0.870 bits per heavy atom. The number of anilines is 2. The molecule has 0 aliphatic carbocycles. The number of fused-ring (bicyclic) bond motifs is 2. The smallest absolute Gasteiger partial charge is 0.202 e. The average molecular weight is 306 g/mol. The van der Waals surface area contributed by atoms with Gasteiger partial charge in [0.1, 0.15) is 6.17 Å². The van der Waals surface area contributed by atoms with Gasteiger partial charge in [0.25, 0.3) is 0 Å². The zero-order valence-electron chi connectivity index (χ0n) is 13.1.